The standard InChI is InChI=1S/C21H22N4O2/c26-21(24-14-8-15-12-27-13-16(9-14)23-15)19-11-25(17-4-3-7-22-10-17)20-6-2-1-5-18(19)20/h1-7,10-11,14-16,23H,8-9,12-13H2,(H,24,26)/t14-,15-,16+. The van der Waals surface area contributed by atoms with E-state index in [1.165, 1.54) is 0 Å². The average molecular weight is 362 g/mol. The minimum Gasteiger partial charge on any atom is -0.378 e. The highest BCUT2D eigenvalue weighted by molar-refractivity contribution is 6.07. The maximum atomic E-state index is 13.1. The van der Waals surface area contributed by atoms with E-state index in [-0.39, 0.29) is 11.9 Å². The van der Waals surface area contributed by atoms with Crippen molar-refractivity contribution >= 4 is 16.8 Å². The Kier molecular flexibility index (Phi) is 4.14. The smallest absolute Gasteiger partial charge is 0.253 e. The number of piperidine rings is 1. The van der Waals surface area contributed by atoms with Gasteiger partial charge in [-0.15, -0.1) is 0 Å². The van der Waals surface area contributed by atoms with E-state index in [9.17, 15) is 4.79 Å². The summed E-state index contributed by atoms with van der Waals surface area (Å²) < 4.78 is 7.63. The van der Waals surface area contributed by atoms with Crippen molar-refractivity contribution < 1.29 is 9.53 Å². The number of pyridine rings is 1. The van der Waals surface area contributed by atoms with E-state index < -0.39 is 0 Å². The molecule has 2 aromatic heterocycles. The first kappa shape index (κ1) is 16.5. The normalized spacial score (nSPS) is 24.7. The number of fused-ring (bicyclic) bond motifs is 3. The number of carbonyl (C=O) groups excluding carboxylic acids is 1. The van der Waals surface area contributed by atoms with E-state index in [0.29, 0.717) is 17.6 Å². The molecule has 27 heavy (non-hydrogen) atoms. The van der Waals surface area contributed by atoms with Crippen molar-refractivity contribution in [2.24, 2.45) is 0 Å². The molecule has 2 fully saturated rings. The second-order valence-electron chi connectivity index (χ2n) is 7.38. The Hall–Kier alpha value is -2.70. The summed E-state index contributed by atoms with van der Waals surface area (Å²) in [6, 6.07) is 12.7. The first-order chi connectivity index (χ1) is 13.3. The summed E-state index contributed by atoms with van der Waals surface area (Å²) in [5.41, 5.74) is 2.65. The fourth-order valence-electron chi connectivity index (χ4n) is 4.29. The van der Waals surface area contributed by atoms with Gasteiger partial charge in [-0.3, -0.25) is 9.78 Å². The first-order valence-electron chi connectivity index (χ1n) is 9.43. The number of aromatic nitrogens is 2. The molecule has 6 heteroatoms. The number of ether oxygens (including phenoxy) is 1. The molecule has 3 atom stereocenters. The third-order valence-electron chi connectivity index (χ3n) is 5.46. The van der Waals surface area contributed by atoms with E-state index in [2.05, 4.69) is 15.6 Å². The van der Waals surface area contributed by atoms with Crippen LogP contribution in [0.15, 0.2) is 55.0 Å². The van der Waals surface area contributed by atoms with Crippen LogP contribution in [-0.2, 0) is 4.74 Å². The van der Waals surface area contributed by atoms with Gasteiger partial charge in [-0.1, -0.05) is 18.2 Å². The van der Waals surface area contributed by atoms with Gasteiger partial charge in [0.15, 0.2) is 0 Å². The molecule has 0 aliphatic carbocycles. The lowest BCUT2D eigenvalue weighted by molar-refractivity contribution is 0.0148. The van der Waals surface area contributed by atoms with E-state index in [1.54, 1.807) is 6.20 Å². The fraction of sp³-hybridized carbons (Fsp3) is 0.333. The molecule has 0 spiro atoms. The average Bonchev–Trinajstić information content (AvgIpc) is 3.08. The molecular weight excluding hydrogens is 340 g/mol. The SMILES string of the molecule is O=C(N[C@H]1C[C@H]2COC[C@@H](C1)N2)c1cn(-c2cccnc2)c2ccccc12. The lowest BCUT2D eigenvalue weighted by Gasteiger charge is -2.40. The number of carbonyl (C=O) groups is 1. The molecule has 138 valence electrons. The summed E-state index contributed by atoms with van der Waals surface area (Å²) in [4.78, 5) is 17.3. The van der Waals surface area contributed by atoms with Gasteiger partial charge in [0.2, 0.25) is 0 Å². The van der Waals surface area contributed by atoms with Gasteiger partial charge in [-0.2, -0.15) is 0 Å². The van der Waals surface area contributed by atoms with Crippen molar-refractivity contribution in [1.82, 2.24) is 20.2 Å². The van der Waals surface area contributed by atoms with Crippen LogP contribution >= 0.6 is 0 Å². The number of amides is 1. The second kappa shape index (κ2) is 6.79. The molecule has 2 N–H and O–H groups in total. The molecule has 1 amide bonds. The van der Waals surface area contributed by atoms with Crippen LogP contribution < -0.4 is 10.6 Å². The van der Waals surface area contributed by atoms with Crippen LogP contribution in [0.3, 0.4) is 0 Å². The lowest BCUT2D eigenvalue weighted by atomic mass is 9.92. The lowest BCUT2D eigenvalue weighted by Crippen LogP contribution is -2.58. The Labute approximate surface area is 157 Å². The predicted molar refractivity (Wildman–Crippen MR) is 103 cm³/mol. The molecule has 1 aromatic carbocycles. The van der Waals surface area contributed by atoms with Crippen molar-refractivity contribution in [2.75, 3.05) is 13.2 Å². The second-order valence-corrected chi connectivity index (χ2v) is 7.38. The van der Waals surface area contributed by atoms with E-state index in [0.717, 1.165) is 42.6 Å². The highest BCUT2D eigenvalue weighted by atomic mass is 16.5. The number of morpholine rings is 1. The van der Waals surface area contributed by atoms with Crippen molar-refractivity contribution in [2.45, 2.75) is 31.0 Å². The number of para-hydroxylation sites is 1. The van der Waals surface area contributed by atoms with Crippen LogP contribution in [0.2, 0.25) is 0 Å². The number of benzene rings is 1. The summed E-state index contributed by atoms with van der Waals surface area (Å²) >= 11 is 0. The zero-order chi connectivity index (χ0) is 18.2. The Morgan fingerprint density at radius 2 is 1.96 bits per heavy atom. The van der Waals surface area contributed by atoms with Gasteiger partial charge in [0.25, 0.3) is 5.91 Å². The maximum absolute atomic E-state index is 13.1. The van der Waals surface area contributed by atoms with Crippen molar-refractivity contribution in [3.05, 3.63) is 60.6 Å². The van der Waals surface area contributed by atoms with Gasteiger partial charge in [0.05, 0.1) is 36.2 Å². The molecular formula is C21H22N4O2. The van der Waals surface area contributed by atoms with Gasteiger partial charge < -0.3 is 19.9 Å². The largest absolute Gasteiger partial charge is 0.378 e. The van der Waals surface area contributed by atoms with Gasteiger partial charge >= 0.3 is 0 Å². The Morgan fingerprint density at radius 1 is 1.15 bits per heavy atom. The Morgan fingerprint density at radius 3 is 2.74 bits per heavy atom. The van der Waals surface area contributed by atoms with Gasteiger partial charge in [-0.25, -0.2) is 0 Å². The zero-order valence-corrected chi connectivity index (χ0v) is 15.0. The number of nitrogens with one attached hydrogen (secondary N) is 2. The summed E-state index contributed by atoms with van der Waals surface area (Å²) in [5.74, 6) is -0.0141. The summed E-state index contributed by atoms with van der Waals surface area (Å²) in [6.07, 6.45) is 7.29. The fourth-order valence-corrected chi connectivity index (χ4v) is 4.29. The van der Waals surface area contributed by atoms with Crippen molar-refractivity contribution in [3.8, 4) is 5.69 Å². The summed E-state index contributed by atoms with van der Waals surface area (Å²) in [6.45, 7) is 1.45. The van der Waals surface area contributed by atoms with Crippen LogP contribution in [0.5, 0.6) is 0 Å². The van der Waals surface area contributed by atoms with E-state index in [1.807, 2.05) is 53.4 Å². The molecule has 0 radical (unpaired) electrons. The van der Waals surface area contributed by atoms with Crippen molar-refractivity contribution in [3.63, 3.8) is 0 Å². The van der Waals surface area contributed by atoms with E-state index >= 15 is 0 Å². The third-order valence-corrected chi connectivity index (χ3v) is 5.46. The van der Waals surface area contributed by atoms with Gasteiger partial charge in [0.1, 0.15) is 0 Å². The minimum absolute atomic E-state index is 0.0141. The molecule has 6 nitrogen and oxygen atoms in total. The summed E-state index contributed by atoms with van der Waals surface area (Å²) in [5, 5.41) is 7.78. The molecule has 0 unspecified atom stereocenters. The molecule has 5 rings (SSSR count). The molecule has 3 aromatic rings. The topological polar surface area (TPSA) is 68.2 Å². The Balaban J connectivity index is 1.45. The number of hydrogen-bond donors (Lipinski definition) is 2. The minimum atomic E-state index is -0.0141. The predicted octanol–water partition coefficient (Wildman–Crippen LogP) is 2.27. The molecule has 4 heterocycles. The Bertz CT molecular complexity index is 957. The van der Waals surface area contributed by atoms with E-state index in [4.69, 9.17) is 4.74 Å². The molecule has 2 saturated heterocycles. The molecule has 0 saturated carbocycles. The zero-order valence-electron chi connectivity index (χ0n) is 15.0. The number of hydrogen-bond acceptors (Lipinski definition) is 4. The molecule has 2 aliphatic heterocycles. The maximum Gasteiger partial charge on any atom is 0.253 e. The number of nitrogens with zero attached hydrogens (tertiary/aromatic N) is 2. The summed E-state index contributed by atoms with van der Waals surface area (Å²) in [7, 11) is 0. The van der Waals surface area contributed by atoms with Crippen molar-refractivity contribution in [1.29, 1.82) is 0 Å². The quantitative estimate of drug-likeness (QED) is 0.750. The first-order valence-corrected chi connectivity index (χ1v) is 9.43. The third kappa shape index (κ3) is 3.11. The van der Waals surface area contributed by atoms with Crippen LogP contribution in [0.1, 0.15) is 23.2 Å². The van der Waals surface area contributed by atoms with Crippen LogP contribution in [0, 0.1) is 0 Å². The highest BCUT2D eigenvalue weighted by Crippen LogP contribution is 2.25. The van der Waals surface area contributed by atoms with Gasteiger partial charge in [-0.05, 0) is 31.0 Å². The van der Waals surface area contributed by atoms with Crippen LogP contribution in [0.25, 0.3) is 16.6 Å². The van der Waals surface area contributed by atoms with Crippen LogP contribution in [-0.4, -0.2) is 46.8 Å². The molecule has 2 aliphatic rings. The molecule has 2 bridgehead atoms. The van der Waals surface area contributed by atoms with Crippen LogP contribution in [0.4, 0.5) is 0 Å². The van der Waals surface area contributed by atoms with Gasteiger partial charge in [0, 0.05) is 35.9 Å². The number of rotatable bonds is 3. The highest BCUT2D eigenvalue weighted by Gasteiger charge is 2.33. The monoisotopic (exact) mass is 362 g/mol.